The normalized spacial score (nSPS) is 24.8. The maximum Gasteiger partial charge on any atom is 0.128 e. The Balaban J connectivity index is 1.92. The molecule has 1 heterocycles. The molecule has 24 heavy (non-hydrogen) atoms. The largest absolute Gasteiger partial charge is 0.507 e. The monoisotopic (exact) mass is 346 g/mol. The van der Waals surface area contributed by atoms with Gasteiger partial charge >= 0.3 is 0 Å². The van der Waals surface area contributed by atoms with E-state index in [9.17, 15) is 5.11 Å². The first-order chi connectivity index (χ1) is 11.3. The summed E-state index contributed by atoms with van der Waals surface area (Å²) in [5, 5.41) is 10.7. The van der Waals surface area contributed by atoms with Crippen molar-refractivity contribution in [3.05, 3.63) is 29.3 Å². The van der Waals surface area contributed by atoms with Gasteiger partial charge in [0.15, 0.2) is 0 Å². The number of hydrogen-bond acceptors (Lipinski definition) is 3. The van der Waals surface area contributed by atoms with E-state index < -0.39 is 0 Å². The van der Waals surface area contributed by atoms with Crippen LogP contribution in [0.3, 0.4) is 0 Å². The summed E-state index contributed by atoms with van der Waals surface area (Å²) in [6, 6.07) is 4.09. The first-order valence-electron chi connectivity index (χ1n) is 9.12. The number of phenolic OH excluding ortho intramolecular Hbond substituents is 1. The molecule has 3 heteroatoms. The van der Waals surface area contributed by atoms with Gasteiger partial charge in [-0.05, 0) is 63.8 Å². The lowest BCUT2D eigenvalue weighted by atomic mass is 9.67. The highest BCUT2D eigenvalue weighted by Gasteiger charge is 2.45. The van der Waals surface area contributed by atoms with Crippen LogP contribution in [0.2, 0.25) is 0 Å². The lowest BCUT2D eigenvalue weighted by molar-refractivity contribution is 0.00733. The van der Waals surface area contributed by atoms with Crippen molar-refractivity contribution in [1.82, 2.24) is 0 Å². The lowest BCUT2D eigenvalue weighted by Gasteiger charge is -2.47. The van der Waals surface area contributed by atoms with Gasteiger partial charge in [0.25, 0.3) is 0 Å². The third-order valence-electron chi connectivity index (χ3n) is 5.44. The van der Waals surface area contributed by atoms with Gasteiger partial charge in [0, 0.05) is 22.3 Å². The van der Waals surface area contributed by atoms with E-state index in [0.717, 1.165) is 34.8 Å². The molecule has 0 amide bonds. The van der Waals surface area contributed by atoms with Gasteiger partial charge in [-0.25, -0.2) is 0 Å². The van der Waals surface area contributed by atoms with E-state index in [2.05, 4.69) is 46.8 Å². The van der Waals surface area contributed by atoms with Crippen LogP contribution >= 0.6 is 11.8 Å². The first-order valence-corrected chi connectivity index (χ1v) is 10.1. The topological polar surface area (TPSA) is 29.5 Å². The van der Waals surface area contributed by atoms with Gasteiger partial charge in [-0.3, -0.25) is 0 Å². The molecule has 2 atom stereocenters. The van der Waals surface area contributed by atoms with Gasteiger partial charge in [-0.15, -0.1) is 11.8 Å². The van der Waals surface area contributed by atoms with Gasteiger partial charge in [-0.1, -0.05) is 25.5 Å². The number of benzene rings is 1. The molecule has 3 rings (SSSR count). The quantitative estimate of drug-likeness (QED) is 0.524. The molecule has 1 aromatic carbocycles. The second-order valence-electron chi connectivity index (χ2n) is 8.29. The molecule has 1 aliphatic carbocycles. The summed E-state index contributed by atoms with van der Waals surface area (Å²) in [4.78, 5) is 1.12. The molecule has 132 valence electrons. The second kappa shape index (κ2) is 6.67. The SMILES string of the molecule is CC1=CCC2C(C1)c1c(O)cc(SCCC(C)C)cc1OC2(C)C. The second-order valence-corrected chi connectivity index (χ2v) is 9.46. The number of ether oxygens (including phenoxy) is 1. The molecule has 0 bridgehead atoms. The number of hydrogen-bond donors (Lipinski definition) is 1. The third kappa shape index (κ3) is 3.46. The lowest BCUT2D eigenvalue weighted by Crippen LogP contribution is -2.45. The van der Waals surface area contributed by atoms with Crippen LogP contribution in [-0.2, 0) is 0 Å². The van der Waals surface area contributed by atoms with E-state index in [0.29, 0.717) is 23.5 Å². The zero-order valence-electron chi connectivity index (χ0n) is 15.6. The fourth-order valence-corrected chi connectivity index (χ4v) is 5.25. The number of thioether (sulfide) groups is 1. The van der Waals surface area contributed by atoms with Crippen LogP contribution in [-0.4, -0.2) is 16.5 Å². The summed E-state index contributed by atoms with van der Waals surface area (Å²) in [5.41, 5.74) is 2.26. The average molecular weight is 347 g/mol. The minimum atomic E-state index is -0.192. The molecule has 0 saturated heterocycles. The fraction of sp³-hybridized carbons (Fsp3) is 0.619. The molecule has 1 N–H and O–H groups in total. The van der Waals surface area contributed by atoms with Crippen molar-refractivity contribution < 1.29 is 9.84 Å². The van der Waals surface area contributed by atoms with E-state index in [4.69, 9.17) is 4.74 Å². The standard InChI is InChI=1S/C21H30O2S/c1-13(2)8-9-24-15-11-18(22)20-16-10-14(3)6-7-17(16)21(4,5)23-19(20)12-15/h6,11-13,16-17,22H,7-10H2,1-5H3. The van der Waals surface area contributed by atoms with Gasteiger partial charge in [0.1, 0.15) is 17.1 Å². The first kappa shape index (κ1) is 17.7. The molecule has 0 radical (unpaired) electrons. The van der Waals surface area contributed by atoms with Crippen molar-refractivity contribution in [1.29, 1.82) is 0 Å². The van der Waals surface area contributed by atoms with Crippen molar-refractivity contribution in [3.8, 4) is 11.5 Å². The number of aromatic hydroxyl groups is 1. The Labute approximate surface area is 150 Å². The van der Waals surface area contributed by atoms with Gasteiger partial charge in [0.2, 0.25) is 0 Å². The summed E-state index contributed by atoms with van der Waals surface area (Å²) in [6.07, 6.45) is 5.58. The predicted octanol–water partition coefficient (Wildman–Crippen LogP) is 6.14. The summed E-state index contributed by atoms with van der Waals surface area (Å²) in [6.45, 7) is 11.1. The summed E-state index contributed by atoms with van der Waals surface area (Å²) >= 11 is 1.81. The summed E-state index contributed by atoms with van der Waals surface area (Å²) in [5.74, 6) is 3.88. The van der Waals surface area contributed by atoms with Crippen LogP contribution in [0.15, 0.2) is 28.7 Å². The van der Waals surface area contributed by atoms with Gasteiger partial charge < -0.3 is 9.84 Å². The smallest absolute Gasteiger partial charge is 0.128 e. The highest BCUT2D eigenvalue weighted by Crippen LogP contribution is 2.54. The molecule has 2 unspecified atom stereocenters. The minimum Gasteiger partial charge on any atom is -0.507 e. The molecule has 0 aromatic heterocycles. The molecule has 0 saturated carbocycles. The van der Waals surface area contributed by atoms with Crippen LogP contribution in [0.5, 0.6) is 11.5 Å². The predicted molar refractivity (Wildman–Crippen MR) is 102 cm³/mol. The van der Waals surface area contributed by atoms with E-state index in [-0.39, 0.29) is 5.60 Å². The van der Waals surface area contributed by atoms with E-state index in [1.165, 1.54) is 12.0 Å². The van der Waals surface area contributed by atoms with Crippen molar-refractivity contribution >= 4 is 11.8 Å². The third-order valence-corrected chi connectivity index (χ3v) is 6.45. The molecule has 2 aliphatic rings. The number of rotatable bonds is 4. The van der Waals surface area contributed by atoms with Crippen LogP contribution in [0.4, 0.5) is 0 Å². The van der Waals surface area contributed by atoms with Crippen molar-refractivity contribution in [2.24, 2.45) is 11.8 Å². The molecule has 0 fully saturated rings. The fourth-order valence-electron chi connectivity index (χ4n) is 4.04. The molecule has 1 aliphatic heterocycles. The molecule has 0 spiro atoms. The van der Waals surface area contributed by atoms with Gasteiger partial charge in [-0.2, -0.15) is 0 Å². The average Bonchev–Trinajstić information content (AvgIpc) is 2.45. The Morgan fingerprint density at radius 3 is 2.79 bits per heavy atom. The van der Waals surface area contributed by atoms with Crippen LogP contribution in [0.25, 0.3) is 0 Å². The number of phenols is 1. The van der Waals surface area contributed by atoms with Gasteiger partial charge in [0.05, 0.1) is 0 Å². The van der Waals surface area contributed by atoms with Crippen LogP contribution in [0, 0.1) is 11.8 Å². The Morgan fingerprint density at radius 2 is 2.08 bits per heavy atom. The highest BCUT2D eigenvalue weighted by atomic mass is 32.2. The van der Waals surface area contributed by atoms with Crippen molar-refractivity contribution in [2.45, 2.75) is 70.3 Å². The zero-order chi connectivity index (χ0) is 17.5. The number of fused-ring (bicyclic) bond motifs is 3. The van der Waals surface area contributed by atoms with Crippen molar-refractivity contribution in [2.75, 3.05) is 5.75 Å². The molecule has 1 aromatic rings. The van der Waals surface area contributed by atoms with E-state index in [1.54, 1.807) is 0 Å². The maximum absolute atomic E-state index is 10.7. The molecule has 2 nitrogen and oxygen atoms in total. The summed E-state index contributed by atoms with van der Waals surface area (Å²) in [7, 11) is 0. The Morgan fingerprint density at radius 1 is 1.33 bits per heavy atom. The summed E-state index contributed by atoms with van der Waals surface area (Å²) < 4.78 is 6.37. The number of allylic oxidation sites excluding steroid dienone is 2. The Kier molecular flexibility index (Phi) is 4.92. The van der Waals surface area contributed by atoms with Crippen LogP contribution < -0.4 is 4.74 Å². The van der Waals surface area contributed by atoms with E-state index in [1.807, 2.05) is 17.8 Å². The highest BCUT2D eigenvalue weighted by molar-refractivity contribution is 7.99. The Hall–Kier alpha value is -1.09. The molecular formula is C21H30O2S. The zero-order valence-corrected chi connectivity index (χ0v) is 16.4. The Bertz CT molecular complexity index is 645. The minimum absolute atomic E-state index is 0.192. The maximum atomic E-state index is 10.7. The van der Waals surface area contributed by atoms with Crippen molar-refractivity contribution in [3.63, 3.8) is 0 Å². The van der Waals surface area contributed by atoms with Crippen LogP contribution in [0.1, 0.15) is 65.4 Å². The molecular weight excluding hydrogens is 316 g/mol. The van der Waals surface area contributed by atoms with E-state index >= 15 is 0 Å².